The number of aliphatic carboxylic acids is 1. The maximum Gasteiger partial charge on any atom is 0.435 e. The van der Waals surface area contributed by atoms with E-state index in [0.29, 0.717) is 11.1 Å². The summed E-state index contributed by atoms with van der Waals surface area (Å²) in [5.41, 5.74) is 0.330. The van der Waals surface area contributed by atoms with E-state index in [1.807, 2.05) is 0 Å². The number of carbonyl (C=O) groups is 1. The number of rotatable bonds is 4. The molecule has 1 aromatic carbocycles. The van der Waals surface area contributed by atoms with Gasteiger partial charge in [-0.1, -0.05) is 24.3 Å². The minimum Gasteiger partial charge on any atom is -0.478 e. The molecule has 4 nitrogen and oxygen atoms in total. The van der Waals surface area contributed by atoms with Crippen molar-refractivity contribution in [2.75, 3.05) is 0 Å². The van der Waals surface area contributed by atoms with Gasteiger partial charge in [0.15, 0.2) is 5.69 Å². The van der Waals surface area contributed by atoms with Gasteiger partial charge in [0.05, 0.1) is 6.54 Å². The summed E-state index contributed by atoms with van der Waals surface area (Å²) < 4.78 is 38.6. The number of hydrogen-bond acceptors (Lipinski definition) is 2. The highest BCUT2D eigenvalue weighted by Gasteiger charge is 2.33. The topological polar surface area (TPSA) is 55.1 Å². The first-order chi connectivity index (χ1) is 9.86. The third-order valence-corrected chi connectivity index (χ3v) is 2.72. The maximum atomic E-state index is 12.5. The summed E-state index contributed by atoms with van der Waals surface area (Å²) in [5, 5.41) is 12.1. The van der Waals surface area contributed by atoms with Gasteiger partial charge in [-0.15, -0.1) is 0 Å². The zero-order valence-corrected chi connectivity index (χ0v) is 10.7. The number of halogens is 3. The summed E-state index contributed by atoms with van der Waals surface area (Å²) in [7, 11) is 0. The zero-order chi connectivity index (χ0) is 15.5. The molecule has 7 heteroatoms. The fourth-order valence-electron chi connectivity index (χ4n) is 1.78. The van der Waals surface area contributed by atoms with Crippen molar-refractivity contribution in [1.29, 1.82) is 0 Å². The summed E-state index contributed by atoms with van der Waals surface area (Å²) in [6, 6.07) is 7.73. The lowest BCUT2D eigenvalue weighted by atomic mass is 10.1. The van der Waals surface area contributed by atoms with Gasteiger partial charge in [0, 0.05) is 12.3 Å². The average molecular weight is 296 g/mol. The Labute approximate surface area is 118 Å². The molecule has 0 atom stereocenters. The van der Waals surface area contributed by atoms with Crippen LogP contribution in [0.5, 0.6) is 0 Å². The van der Waals surface area contributed by atoms with Crippen LogP contribution in [0.15, 0.2) is 42.6 Å². The number of benzene rings is 1. The molecular formula is C14H11F3N2O2. The third-order valence-electron chi connectivity index (χ3n) is 2.72. The minimum atomic E-state index is -4.48. The van der Waals surface area contributed by atoms with Crippen molar-refractivity contribution in [2.24, 2.45) is 0 Å². The molecule has 0 amide bonds. The quantitative estimate of drug-likeness (QED) is 0.882. The lowest BCUT2D eigenvalue weighted by molar-refractivity contribution is -0.141. The Morgan fingerprint density at radius 3 is 2.62 bits per heavy atom. The number of aromatic nitrogens is 2. The van der Waals surface area contributed by atoms with Gasteiger partial charge < -0.3 is 5.11 Å². The van der Waals surface area contributed by atoms with Crippen molar-refractivity contribution in [1.82, 2.24) is 9.78 Å². The molecule has 2 rings (SSSR count). The van der Waals surface area contributed by atoms with Gasteiger partial charge >= 0.3 is 12.1 Å². The molecule has 2 aromatic rings. The van der Waals surface area contributed by atoms with Gasteiger partial charge in [0.25, 0.3) is 0 Å². The van der Waals surface area contributed by atoms with Crippen LogP contribution >= 0.6 is 0 Å². The Hall–Kier alpha value is -2.57. The Kier molecular flexibility index (Phi) is 4.11. The van der Waals surface area contributed by atoms with Gasteiger partial charge in [-0.3, -0.25) is 4.68 Å². The lowest BCUT2D eigenvalue weighted by Crippen LogP contribution is -2.08. The Morgan fingerprint density at radius 2 is 2.00 bits per heavy atom. The number of carboxylic acid groups (broad SMARTS) is 1. The van der Waals surface area contributed by atoms with E-state index < -0.39 is 17.8 Å². The van der Waals surface area contributed by atoms with E-state index in [1.54, 1.807) is 24.3 Å². The van der Waals surface area contributed by atoms with Crippen LogP contribution < -0.4 is 0 Å². The molecule has 0 aliphatic rings. The molecule has 0 aliphatic heterocycles. The molecule has 0 spiro atoms. The molecule has 0 fully saturated rings. The molecule has 1 N–H and O–H groups in total. The highest BCUT2D eigenvalue weighted by molar-refractivity contribution is 5.85. The Morgan fingerprint density at radius 1 is 1.29 bits per heavy atom. The van der Waals surface area contributed by atoms with E-state index >= 15 is 0 Å². The molecule has 1 heterocycles. The fraction of sp³-hybridized carbons (Fsp3) is 0.143. The summed E-state index contributed by atoms with van der Waals surface area (Å²) in [6.07, 6.45) is -0.872. The van der Waals surface area contributed by atoms with Gasteiger partial charge in [0.1, 0.15) is 0 Å². The van der Waals surface area contributed by atoms with Crippen LogP contribution in [0.1, 0.15) is 16.8 Å². The summed E-state index contributed by atoms with van der Waals surface area (Å²) >= 11 is 0. The molecule has 0 radical (unpaired) electrons. The summed E-state index contributed by atoms with van der Waals surface area (Å²) in [4.78, 5) is 10.5. The molecular weight excluding hydrogens is 285 g/mol. The number of alkyl halides is 3. The molecule has 0 unspecified atom stereocenters. The van der Waals surface area contributed by atoms with E-state index in [2.05, 4.69) is 5.10 Å². The highest BCUT2D eigenvalue weighted by Crippen LogP contribution is 2.27. The molecule has 0 saturated carbocycles. The number of nitrogens with zero attached hydrogens (tertiary/aromatic N) is 2. The van der Waals surface area contributed by atoms with Gasteiger partial charge in [-0.25, -0.2) is 4.79 Å². The average Bonchev–Trinajstić information content (AvgIpc) is 2.86. The molecule has 0 aliphatic carbocycles. The van der Waals surface area contributed by atoms with E-state index in [1.165, 1.54) is 12.3 Å². The van der Waals surface area contributed by atoms with Crippen LogP contribution in [0.25, 0.3) is 6.08 Å². The normalized spacial score (nSPS) is 12.0. The largest absolute Gasteiger partial charge is 0.478 e. The van der Waals surface area contributed by atoms with E-state index in [4.69, 9.17) is 5.11 Å². The Bertz CT molecular complexity index is 675. The first kappa shape index (κ1) is 14.8. The summed E-state index contributed by atoms with van der Waals surface area (Å²) in [5.74, 6) is -1.09. The van der Waals surface area contributed by atoms with E-state index in [0.717, 1.165) is 16.8 Å². The van der Waals surface area contributed by atoms with Crippen molar-refractivity contribution < 1.29 is 23.1 Å². The summed E-state index contributed by atoms with van der Waals surface area (Å²) in [6.45, 7) is 0.121. The van der Waals surface area contributed by atoms with Crippen molar-refractivity contribution in [3.05, 3.63) is 59.4 Å². The first-order valence-electron chi connectivity index (χ1n) is 5.96. The van der Waals surface area contributed by atoms with Gasteiger partial charge in [0.2, 0.25) is 0 Å². The molecule has 110 valence electrons. The van der Waals surface area contributed by atoms with Crippen LogP contribution in [0.4, 0.5) is 13.2 Å². The van der Waals surface area contributed by atoms with Crippen LogP contribution in [0.3, 0.4) is 0 Å². The van der Waals surface area contributed by atoms with Crippen molar-refractivity contribution in [2.45, 2.75) is 12.7 Å². The number of hydrogen-bond donors (Lipinski definition) is 1. The standard InChI is InChI=1S/C14H11F3N2O2/c15-14(16,17)12-7-8-19(18-12)9-11-4-2-1-3-10(11)5-6-13(20)21/h1-8H,9H2,(H,20,21). The minimum absolute atomic E-state index is 0.121. The van der Waals surface area contributed by atoms with E-state index in [9.17, 15) is 18.0 Å². The predicted molar refractivity (Wildman–Crippen MR) is 69.4 cm³/mol. The van der Waals surface area contributed by atoms with Crippen LogP contribution in [0, 0.1) is 0 Å². The van der Waals surface area contributed by atoms with E-state index in [-0.39, 0.29) is 6.54 Å². The second kappa shape index (κ2) is 5.82. The first-order valence-corrected chi connectivity index (χ1v) is 5.96. The van der Waals surface area contributed by atoms with Crippen molar-refractivity contribution in [3.8, 4) is 0 Å². The van der Waals surface area contributed by atoms with Crippen molar-refractivity contribution >= 4 is 12.0 Å². The second-order valence-electron chi connectivity index (χ2n) is 4.27. The molecule has 0 saturated heterocycles. The SMILES string of the molecule is O=C(O)C=Cc1ccccc1Cn1ccc(C(F)(F)F)n1. The smallest absolute Gasteiger partial charge is 0.435 e. The highest BCUT2D eigenvalue weighted by atomic mass is 19.4. The molecule has 21 heavy (non-hydrogen) atoms. The van der Waals surface area contributed by atoms with Crippen molar-refractivity contribution in [3.63, 3.8) is 0 Å². The fourth-order valence-corrected chi connectivity index (χ4v) is 1.78. The lowest BCUT2D eigenvalue weighted by Gasteiger charge is -2.06. The second-order valence-corrected chi connectivity index (χ2v) is 4.27. The Balaban J connectivity index is 2.24. The number of carboxylic acids is 1. The van der Waals surface area contributed by atoms with Crippen LogP contribution in [0.2, 0.25) is 0 Å². The van der Waals surface area contributed by atoms with Gasteiger partial charge in [-0.05, 0) is 23.3 Å². The monoisotopic (exact) mass is 296 g/mol. The third kappa shape index (κ3) is 3.95. The maximum absolute atomic E-state index is 12.5. The van der Waals surface area contributed by atoms with Gasteiger partial charge in [-0.2, -0.15) is 18.3 Å². The van der Waals surface area contributed by atoms with Crippen LogP contribution in [-0.4, -0.2) is 20.9 Å². The van der Waals surface area contributed by atoms with Crippen LogP contribution in [-0.2, 0) is 17.5 Å². The zero-order valence-electron chi connectivity index (χ0n) is 10.7. The molecule has 0 bridgehead atoms. The predicted octanol–water partition coefficient (Wildman–Crippen LogP) is 3.05. The molecule has 1 aromatic heterocycles.